The van der Waals surface area contributed by atoms with Gasteiger partial charge in [-0.1, -0.05) is 15.9 Å². The average molecular weight is 345 g/mol. The molecule has 20 heavy (non-hydrogen) atoms. The summed E-state index contributed by atoms with van der Waals surface area (Å²) in [6, 6.07) is 4.89. The van der Waals surface area contributed by atoms with E-state index in [2.05, 4.69) is 47.0 Å². The summed E-state index contributed by atoms with van der Waals surface area (Å²) in [5.41, 5.74) is 0.0821. The van der Waals surface area contributed by atoms with E-state index >= 15 is 0 Å². The average Bonchev–Trinajstić information content (AvgIpc) is 2.40. The molecule has 1 amide bonds. The van der Waals surface area contributed by atoms with E-state index < -0.39 is 5.82 Å². The minimum absolute atomic E-state index is 0.0821. The van der Waals surface area contributed by atoms with Gasteiger partial charge < -0.3 is 10.2 Å². The maximum atomic E-state index is 13.5. The zero-order valence-electron chi connectivity index (χ0n) is 12.2. The van der Waals surface area contributed by atoms with Crippen molar-refractivity contribution in [2.24, 2.45) is 0 Å². The van der Waals surface area contributed by atoms with Crippen molar-refractivity contribution in [1.82, 2.24) is 10.2 Å². The van der Waals surface area contributed by atoms with E-state index in [9.17, 15) is 9.18 Å². The van der Waals surface area contributed by atoms with E-state index in [4.69, 9.17) is 0 Å². The number of nitrogens with one attached hydrogen (secondary N) is 1. The van der Waals surface area contributed by atoms with Crippen LogP contribution in [0.2, 0.25) is 0 Å². The lowest BCUT2D eigenvalue weighted by atomic mass is 10.2. The molecule has 1 aromatic carbocycles. The molecule has 0 aliphatic heterocycles. The van der Waals surface area contributed by atoms with Crippen molar-refractivity contribution in [2.75, 3.05) is 20.1 Å². The van der Waals surface area contributed by atoms with E-state index in [1.165, 1.54) is 12.1 Å². The van der Waals surface area contributed by atoms with Gasteiger partial charge in [0.1, 0.15) is 5.82 Å². The highest BCUT2D eigenvalue weighted by molar-refractivity contribution is 9.10. The number of benzene rings is 1. The molecule has 1 N–H and O–H groups in total. The fourth-order valence-corrected chi connectivity index (χ4v) is 2.07. The Morgan fingerprint density at radius 3 is 2.75 bits per heavy atom. The molecule has 1 aromatic rings. The number of rotatable bonds is 7. The number of carbonyl (C=O) groups excluding carboxylic acids is 1. The summed E-state index contributed by atoms with van der Waals surface area (Å²) in [6.07, 6.45) is 1.90. The van der Waals surface area contributed by atoms with Crippen LogP contribution in [-0.4, -0.2) is 37.0 Å². The molecule has 112 valence electrons. The first-order chi connectivity index (χ1) is 9.41. The van der Waals surface area contributed by atoms with E-state index in [1.54, 1.807) is 6.07 Å². The summed E-state index contributed by atoms with van der Waals surface area (Å²) in [5, 5.41) is 2.75. The molecular weight excluding hydrogens is 323 g/mol. The highest BCUT2D eigenvalue weighted by atomic mass is 79.9. The van der Waals surface area contributed by atoms with Crippen molar-refractivity contribution in [1.29, 1.82) is 0 Å². The van der Waals surface area contributed by atoms with E-state index in [0.29, 0.717) is 17.1 Å². The molecule has 0 unspecified atom stereocenters. The number of unbranched alkanes of at least 4 members (excludes halogenated alkanes) is 1. The van der Waals surface area contributed by atoms with Gasteiger partial charge in [0.25, 0.3) is 5.91 Å². The quantitative estimate of drug-likeness (QED) is 0.768. The minimum Gasteiger partial charge on any atom is -0.352 e. The van der Waals surface area contributed by atoms with Gasteiger partial charge in [-0.15, -0.1) is 0 Å². The van der Waals surface area contributed by atoms with Crippen LogP contribution in [0.4, 0.5) is 4.39 Å². The summed E-state index contributed by atoms with van der Waals surface area (Å²) in [7, 11) is 2.08. The minimum atomic E-state index is -0.495. The molecule has 3 nitrogen and oxygen atoms in total. The van der Waals surface area contributed by atoms with Gasteiger partial charge in [-0.3, -0.25) is 4.79 Å². The molecular formula is C15H22BrFN2O. The lowest BCUT2D eigenvalue weighted by Gasteiger charge is -2.20. The molecule has 1 rings (SSSR count). The second-order valence-electron chi connectivity index (χ2n) is 5.16. The molecule has 0 aromatic heterocycles. The topological polar surface area (TPSA) is 32.3 Å². The molecule has 0 atom stereocenters. The first-order valence-corrected chi connectivity index (χ1v) is 7.64. The second kappa shape index (κ2) is 8.37. The molecule has 5 heteroatoms. The zero-order valence-corrected chi connectivity index (χ0v) is 13.8. The monoisotopic (exact) mass is 344 g/mol. The van der Waals surface area contributed by atoms with Crippen LogP contribution in [0.25, 0.3) is 0 Å². The molecule has 0 aliphatic rings. The smallest absolute Gasteiger partial charge is 0.254 e. The maximum Gasteiger partial charge on any atom is 0.254 e. The number of hydrogen-bond donors (Lipinski definition) is 1. The SMILES string of the molecule is CC(C)N(C)CCCCNC(=O)c1cc(Br)ccc1F. The van der Waals surface area contributed by atoms with Crippen LogP contribution in [0.3, 0.4) is 0 Å². The fraction of sp³-hybridized carbons (Fsp3) is 0.533. The Morgan fingerprint density at radius 2 is 2.10 bits per heavy atom. The number of amides is 1. The maximum absolute atomic E-state index is 13.5. The van der Waals surface area contributed by atoms with Crippen molar-refractivity contribution in [3.8, 4) is 0 Å². The van der Waals surface area contributed by atoms with Gasteiger partial charge >= 0.3 is 0 Å². The summed E-state index contributed by atoms with van der Waals surface area (Å²) >= 11 is 3.23. The van der Waals surface area contributed by atoms with Gasteiger partial charge in [-0.2, -0.15) is 0 Å². The number of halogens is 2. The largest absolute Gasteiger partial charge is 0.352 e. The van der Waals surface area contributed by atoms with E-state index in [0.717, 1.165) is 19.4 Å². The van der Waals surface area contributed by atoms with Crippen molar-refractivity contribution in [3.05, 3.63) is 34.1 Å². The Bertz CT molecular complexity index is 451. The first-order valence-electron chi connectivity index (χ1n) is 6.85. The Balaban J connectivity index is 2.32. The Morgan fingerprint density at radius 1 is 1.40 bits per heavy atom. The van der Waals surface area contributed by atoms with Gasteiger partial charge in [0.05, 0.1) is 5.56 Å². The van der Waals surface area contributed by atoms with Crippen LogP contribution < -0.4 is 5.32 Å². The molecule has 0 fully saturated rings. The summed E-state index contributed by atoms with van der Waals surface area (Å²) in [6.45, 7) is 5.87. The van der Waals surface area contributed by atoms with Gasteiger partial charge in [0, 0.05) is 17.1 Å². The van der Waals surface area contributed by atoms with E-state index in [1.807, 2.05) is 0 Å². The number of hydrogen-bond acceptors (Lipinski definition) is 2. The molecule has 0 saturated heterocycles. The lowest BCUT2D eigenvalue weighted by molar-refractivity contribution is 0.0948. The van der Waals surface area contributed by atoms with Crippen LogP contribution in [0, 0.1) is 5.82 Å². The third kappa shape index (κ3) is 5.59. The molecule has 0 bridgehead atoms. The summed E-state index contributed by atoms with van der Waals surface area (Å²) < 4.78 is 14.2. The number of carbonyl (C=O) groups is 1. The lowest BCUT2D eigenvalue weighted by Crippen LogP contribution is -2.29. The number of nitrogens with zero attached hydrogens (tertiary/aromatic N) is 1. The first kappa shape index (κ1) is 17.1. The van der Waals surface area contributed by atoms with Crippen LogP contribution in [0.1, 0.15) is 37.0 Å². The van der Waals surface area contributed by atoms with Crippen molar-refractivity contribution >= 4 is 21.8 Å². The summed E-state index contributed by atoms with van der Waals surface area (Å²) in [4.78, 5) is 14.1. The Labute approximate surface area is 128 Å². The Kier molecular flexibility index (Phi) is 7.16. The molecule has 0 radical (unpaired) electrons. The fourth-order valence-electron chi connectivity index (χ4n) is 1.71. The van der Waals surface area contributed by atoms with Crippen molar-refractivity contribution < 1.29 is 9.18 Å². The molecule has 0 aliphatic carbocycles. The highest BCUT2D eigenvalue weighted by Gasteiger charge is 2.11. The van der Waals surface area contributed by atoms with Gasteiger partial charge in [0.2, 0.25) is 0 Å². The van der Waals surface area contributed by atoms with Crippen molar-refractivity contribution in [2.45, 2.75) is 32.7 Å². The van der Waals surface area contributed by atoms with Gasteiger partial charge in [0.15, 0.2) is 0 Å². The van der Waals surface area contributed by atoms with Crippen LogP contribution >= 0.6 is 15.9 Å². The van der Waals surface area contributed by atoms with Crippen LogP contribution in [0.15, 0.2) is 22.7 Å². The predicted octanol–water partition coefficient (Wildman–Crippen LogP) is 3.44. The van der Waals surface area contributed by atoms with E-state index in [-0.39, 0.29) is 11.5 Å². The van der Waals surface area contributed by atoms with Crippen molar-refractivity contribution in [3.63, 3.8) is 0 Å². The van der Waals surface area contributed by atoms with Crippen LogP contribution in [-0.2, 0) is 0 Å². The standard InChI is InChI=1S/C15H22BrFN2O/c1-11(2)19(3)9-5-4-8-18-15(20)13-10-12(16)6-7-14(13)17/h6-7,10-11H,4-5,8-9H2,1-3H3,(H,18,20). The zero-order chi connectivity index (χ0) is 15.1. The summed E-state index contributed by atoms with van der Waals surface area (Å²) in [5.74, 6) is -0.855. The third-order valence-corrected chi connectivity index (χ3v) is 3.77. The third-order valence-electron chi connectivity index (χ3n) is 3.28. The predicted molar refractivity (Wildman–Crippen MR) is 83.4 cm³/mol. The van der Waals surface area contributed by atoms with Gasteiger partial charge in [-0.25, -0.2) is 4.39 Å². The molecule has 0 heterocycles. The molecule has 0 spiro atoms. The Hall–Kier alpha value is -0.940. The highest BCUT2D eigenvalue weighted by Crippen LogP contribution is 2.15. The van der Waals surface area contributed by atoms with Crippen LogP contribution in [0.5, 0.6) is 0 Å². The normalized spacial score (nSPS) is 11.2. The second-order valence-corrected chi connectivity index (χ2v) is 6.08. The van der Waals surface area contributed by atoms with Gasteiger partial charge in [-0.05, 0) is 58.5 Å². The molecule has 0 saturated carbocycles.